The topological polar surface area (TPSA) is 15.3 Å². The van der Waals surface area contributed by atoms with Gasteiger partial charge < -0.3 is 5.32 Å². The molecule has 0 bridgehead atoms. The van der Waals surface area contributed by atoms with Gasteiger partial charge in [-0.15, -0.1) is 12.4 Å². The summed E-state index contributed by atoms with van der Waals surface area (Å²) in [5.41, 5.74) is 1.91. The van der Waals surface area contributed by atoms with E-state index in [1.54, 1.807) is 6.07 Å². The highest BCUT2D eigenvalue weighted by Crippen LogP contribution is 2.40. The lowest BCUT2D eigenvalue weighted by molar-refractivity contribution is 0.160. The summed E-state index contributed by atoms with van der Waals surface area (Å²) in [6.45, 7) is 6.09. The number of hydrogen-bond acceptors (Lipinski definition) is 2. The Hall–Kier alpha value is -0.640. The zero-order chi connectivity index (χ0) is 13.2. The SMILES string of the molecule is Cc1ccc([C@@H](CC2CC2)N2CCNCC2)cc1F.Cl. The van der Waals surface area contributed by atoms with E-state index in [4.69, 9.17) is 0 Å². The lowest BCUT2D eigenvalue weighted by Crippen LogP contribution is -2.45. The van der Waals surface area contributed by atoms with E-state index >= 15 is 0 Å². The lowest BCUT2D eigenvalue weighted by Gasteiger charge is -2.35. The van der Waals surface area contributed by atoms with Crippen molar-refractivity contribution >= 4 is 12.4 Å². The van der Waals surface area contributed by atoms with E-state index in [9.17, 15) is 4.39 Å². The molecule has 1 saturated heterocycles. The van der Waals surface area contributed by atoms with E-state index in [0.717, 1.165) is 43.2 Å². The van der Waals surface area contributed by atoms with Gasteiger partial charge in [0, 0.05) is 32.2 Å². The first-order valence-corrected chi connectivity index (χ1v) is 7.45. The van der Waals surface area contributed by atoms with Crippen molar-refractivity contribution in [1.82, 2.24) is 10.2 Å². The number of halogens is 2. The van der Waals surface area contributed by atoms with Crippen LogP contribution in [0.25, 0.3) is 0 Å². The number of hydrogen-bond donors (Lipinski definition) is 1. The van der Waals surface area contributed by atoms with E-state index < -0.39 is 0 Å². The quantitative estimate of drug-likeness (QED) is 0.917. The van der Waals surface area contributed by atoms with Crippen molar-refractivity contribution in [2.24, 2.45) is 5.92 Å². The van der Waals surface area contributed by atoms with Gasteiger partial charge in [-0.25, -0.2) is 4.39 Å². The zero-order valence-electron chi connectivity index (χ0n) is 12.1. The minimum absolute atomic E-state index is 0. The van der Waals surface area contributed by atoms with Crippen molar-refractivity contribution in [2.45, 2.75) is 32.2 Å². The molecule has 1 aliphatic heterocycles. The third kappa shape index (κ3) is 3.72. The summed E-state index contributed by atoms with van der Waals surface area (Å²) in [5, 5.41) is 3.39. The number of benzene rings is 1. The summed E-state index contributed by atoms with van der Waals surface area (Å²) < 4.78 is 13.8. The average Bonchev–Trinajstić information content (AvgIpc) is 3.24. The van der Waals surface area contributed by atoms with Crippen molar-refractivity contribution < 1.29 is 4.39 Å². The first kappa shape index (κ1) is 15.7. The summed E-state index contributed by atoms with van der Waals surface area (Å²) in [4.78, 5) is 2.53. The van der Waals surface area contributed by atoms with E-state index in [0.29, 0.717) is 6.04 Å². The van der Waals surface area contributed by atoms with E-state index in [2.05, 4.69) is 16.3 Å². The average molecular weight is 299 g/mol. The highest BCUT2D eigenvalue weighted by atomic mass is 35.5. The van der Waals surface area contributed by atoms with Crippen LogP contribution in [0.3, 0.4) is 0 Å². The summed E-state index contributed by atoms with van der Waals surface area (Å²) in [6, 6.07) is 6.20. The molecule has 1 aromatic carbocycles. The molecule has 1 atom stereocenters. The van der Waals surface area contributed by atoms with Crippen LogP contribution in [0.2, 0.25) is 0 Å². The molecule has 1 heterocycles. The van der Waals surface area contributed by atoms with Crippen LogP contribution in [0.4, 0.5) is 4.39 Å². The Morgan fingerprint density at radius 1 is 1.30 bits per heavy atom. The van der Waals surface area contributed by atoms with Crippen LogP contribution in [0, 0.1) is 18.7 Å². The standard InChI is InChI=1S/C16H23FN2.ClH/c1-12-2-5-14(11-15(12)17)16(10-13-3-4-13)19-8-6-18-7-9-19;/h2,5,11,13,16,18H,3-4,6-10H2,1H3;1H/t16-;/m1./s1. The molecule has 2 aliphatic rings. The van der Waals surface area contributed by atoms with Gasteiger partial charge in [-0.3, -0.25) is 4.90 Å². The Morgan fingerprint density at radius 2 is 2.00 bits per heavy atom. The molecule has 2 nitrogen and oxygen atoms in total. The van der Waals surface area contributed by atoms with E-state index in [1.165, 1.54) is 19.3 Å². The van der Waals surface area contributed by atoms with E-state index in [-0.39, 0.29) is 18.2 Å². The first-order valence-electron chi connectivity index (χ1n) is 7.45. The fourth-order valence-electron chi connectivity index (χ4n) is 2.98. The molecule has 0 aromatic heterocycles. The predicted molar refractivity (Wildman–Crippen MR) is 82.9 cm³/mol. The van der Waals surface area contributed by atoms with Crippen LogP contribution >= 0.6 is 12.4 Å². The Balaban J connectivity index is 0.00000147. The second-order valence-corrected chi connectivity index (χ2v) is 5.99. The molecule has 0 spiro atoms. The normalized spacial score (nSPS) is 21.3. The van der Waals surface area contributed by atoms with Crippen LogP contribution < -0.4 is 5.32 Å². The summed E-state index contributed by atoms with van der Waals surface area (Å²) in [6.07, 6.45) is 3.91. The minimum Gasteiger partial charge on any atom is -0.314 e. The van der Waals surface area contributed by atoms with Crippen LogP contribution in [-0.2, 0) is 0 Å². The van der Waals surface area contributed by atoms with Crippen LogP contribution in [0.15, 0.2) is 18.2 Å². The third-order valence-corrected chi connectivity index (χ3v) is 4.43. The molecular weight excluding hydrogens is 275 g/mol. The fraction of sp³-hybridized carbons (Fsp3) is 0.625. The Kier molecular flexibility index (Phi) is 5.42. The number of rotatable bonds is 4. The molecule has 0 unspecified atom stereocenters. The third-order valence-electron chi connectivity index (χ3n) is 4.43. The largest absolute Gasteiger partial charge is 0.314 e. The van der Waals surface area contributed by atoms with Gasteiger partial charge in [0.05, 0.1) is 0 Å². The van der Waals surface area contributed by atoms with E-state index in [1.807, 2.05) is 13.0 Å². The van der Waals surface area contributed by atoms with Gasteiger partial charge in [-0.2, -0.15) is 0 Å². The maximum absolute atomic E-state index is 13.8. The maximum Gasteiger partial charge on any atom is 0.126 e. The monoisotopic (exact) mass is 298 g/mol. The van der Waals surface area contributed by atoms with Crippen LogP contribution in [0.5, 0.6) is 0 Å². The molecule has 0 amide bonds. The van der Waals surface area contributed by atoms with Crippen molar-refractivity contribution in [3.63, 3.8) is 0 Å². The highest BCUT2D eigenvalue weighted by Gasteiger charge is 2.30. The van der Waals surface area contributed by atoms with Gasteiger partial charge in [-0.1, -0.05) is 25.0 Å². The van der Waals surface area contributed by atoms with Gasteiger partial charge in [0.2, 0.25) is 0 Å². The molecule has 0 radical (unpaired) electrons. The summed E-state index contributed by atoms with van der Waals surface area (Å²) >= 11 is 0. The second-order valence-electron chi connectivity index (χ2n) is 5.99. The van der Waals surface area contributed by atoms with Gasteiger partial charge in [0.15, 0.2) is 0 Å². The van der Waals surface area contributed by atoms with Gasteiger partial charge >= 0.3 is 0 Å². The maximum atomic E-state index is 13.8. The molecule has 1 saturated carbocycles. The van der Waals surface area contributed by atoms with Crippen molar-refractivity contribution in [3.8, 4) is 0 Å². The smallest absolute Gasteiger partial charge is 0.126 e. The molecule has 2 fully saturated rings. The molecule has 3 rings (SSSR count). The minimum atomic E-state index is -0.0616. The Labute approximate surface area is 127 Å². The molecule has 1 aliphatic carbocycles. The molecule has 1 aromatic rings. The molecule has 1 N–H and O–H groups in total. The molecule has 112 valence electrons. The fourth-order valence-corrected chi connectivity index (χ4v) is 2.98. The number of aryl methyl sites for hydroxylation is 1. The van der Waals surface area contributed by atoms with Crippen molar-refractivity contribution in [1.29, 1.82) is 0 Å². The number of nitrogens with zero attached hydrogens (tertiary/aromatic N) is 1. The Bertz CT molecular complexity index is 442. The van der Waals surface area contributed by atoms with Crippen LogP contribution in [0.1, 0.15) is 36.4 Å². The van der Waals surface area contributed by atoms with Gasteiger partial charge in [-0.05, 0) is 36.5 Å². The number of piperazine rings is 1. The van der Waals surface area contributed by atoms with Crippen molar-refractivity contribution in [3.05, 3.63) is 35.1 Å². The Morgan fingerprint density at radius 3 is 2.60 bits per heavy atom. The first-order chi connectivity index (χ1) is 9.24. The predicted octanol–water partition coefficient (Wildman–Crippen LogP) is 3.30. The van der Waals surface area contributed by atoms with Crippen molar-refractivity contribution in [2.75, 3.05) is 26.2 Å². The molecule has 4 heteroatoms. The number of nitrogens with one attached hydrogen (secondary N) is 1. The second kappa shape index (κ2) is 6.88. The van der Waals surface area contributed by atoms with Gasteiger partial charge in [0.1, 0.15) is 5.82 Å². The summed E-state index contributed by atoms with van der Waals surface area (Å²) in [5.74, 6) is 0.803. The zero-order valence-corrected chi connectivity index (χ0v) is 12.9. The molecular formula is C16H24ClFN2. The summed E-state index contributed by atoms with van der Waals surface area (Å²) in [7, 11) is 0. The molecule has 20 heavy (non-hydrogen) atoms. The van der Waals surface area contributed by atoms with Gasteiger partial charge in [0.25, 0.3) is 0 Å². The lowest BCUT2D eigenvalue weighted by atomic mass is 9.97. The highest BCUT2D eigenvalue weighted by molar-refractivity contribution is 5.85. The van der Waals surface area contributed by atoms with Crippen LogP contribution in [-0.4, -0.2) is 31.1 Å².